The highest BCUT2D eigenvalue weighted by Gasteiger charge is 2.18. The van der Waals surface area contributed by atoms with E-state index in [-0.39, 0.29) is 5.91 Å². The lowest BCUT2D eigenvalue weighted by Gasteiger charge is -2.18. The maximum atomic E-state index is 12.1. The Morgan fingerprint density at radius 1 is 1.38 bits per heavy atom. The van der Waals surface area contributed by atoms with Gasteiger partial charge in [-0.3, -0.25) is 4.79 Å². The molecule has 0 aliphatic rings. The van der Waals surface area contributed by atoms with Gasteiger partial charge in [0.2, 0.25) is 0 Å². The summed E-state index contributed by atoms with van der Waals surface area (Å²) in [6.07, 6.45) is 0. The molecule has 1 amide bonds. The van der Waals surface area contributed by atoms with Gasteiger partial charge in [0.25, 0.3) is 5.91 Å². The molecule has 0 aliphatic heterocycles. The van der Waals surface area contributed by atoms with E-state index in [1.165, 1.54) is 11.3 Å². The number of anilines is 1. The van der Waals surface area contributed by atoms with Crippen molar-refractivity contribution < 1.29 is 4.79 Å². The lowest BCUT2D eigenvalue weighted by atomic mass is 10.1. The van der Waals surface area contributed by atoms with Crippen LogP contribution in [0.5, 0.6) is 0 Å². The van der Waals surface area contributed by atoms with Gasteiger partial charge in [-0.2, -0.15) is 0 Å². The number of nitrogens with zero attached hydrogens (tertiary/aromatic N) is 2. The van der Waals surface area contributed by atoms with E-state index in [2.05, 4.69) is 29.0 Å². The van der Waals surface area contributed by atoms with Crippen LogP contribution in [0.2, 0.25) is 0 Å². The summed E-state index contributed by atoms with van der Waals surface area (Å²) in [4.78, 5) is 20.6. The maximum absolute atomic E-state index is 12.1. The summed E-state index contributed by atoms with van der Waals surface area (Å²) in [7, 11) is 0. The molecule has 2 aromatic heterocycles. The molecule has 0 atom stereocenters. The Kier molecular flexibility index (Phi) is 4.85. The minimum atomic E-state index is -0.404. The largest absolute Gasteiger partial charge is 0.350 e. The summed E-state index contributed by atoms with van der Waals surface area (Å²) in [6.45, 7) is 10.3. The van der Waals surface area contributed by atoms with Crippen molar-refractivity contribution >= 4 is 43.2 Å². The summed E-state index contributed by atoms with van der Waals surface area (Å²) in [5.41, 5.74) is 5.47. The number of fused-ring (bicyclic) bond motifs is 1. The third kappa shape index (κ3) is 3.93. The van der Waals surface area contributed by atoms with Crippen LogP contribution in [-0.2, 0) is 0 Å². The van der Waals surface area contributed by atoms with Crippen LogP contribution in [0.25, 0.3) is 9.53 Å². The van der Waals surface area contributed by atoms with Gasteiger partial charge in [0.1, 0.15) is 4.83 Å². The van der Waals surface area contributed by atoms with Gasteiger partial charge >= 0.3 is 0 Å². The SMILES string of the molecule is CCN(CC)c1nc2sc(C(=O)NCC(C)(C)N)cc2s1. The van der Waals surface area contributed by atoms with Crippen molar-refractivity contribution in [2.45, 2.75) is 33.2 Å². The minimum absolute atomic E-state index is 0.0758. The molecule has 0 aliphatic carbocycles. The third-order valence-corrected chi connectivity index (χ3v) is 5.26. The van der Waals surface area contributed by atoms with Crippen LogP contribution in [0, 0.1) is 0 Å². The molecule has 0 saturated heterocycles. The molecule has 0 saturated carbocycles. The van der Waals surface area contributed by atoms with Gasteiger partial charge in [0, 0.05) is 25.2 Å². The van der Waals surface area contributed by atoms with Gasteiger partial charge in [-0.25, -0.2) is 4.98 Å². The van der Waals surface area contributed by atoms with E-state index in [9.17, 15) is 4.79 Å². The average molecular weight is 326 g/mol. The number of aromatic nitrogens is 1. The van der Waals surface area contributed by atoms with Crippen molar-refractivity contribution in [3.8, 4) is 0 Å². The second-order valence-corrected chi connectivity index (χ2v) is 7.66. The van der Waals surface area contributed by atoms with E-state index < -0.39 is 5.54 Å². The molecular formula is C14H22N4OS2. The molecular weight excluding hydrogens is 304 g/mol. The van der Waals surface area contributed by atoms with Crippen molar-refractivity contribution in [1.82, 2.24) is 10.3 Å². The summed E-state index contributed by atoms with van der Waals surface area (Å²) in [5, 5.41) is 3.89. The van der Waals surface area contributed by atoms with Crippen molar-refractivity contribution in [3.05, 3.63) is 10.9 Å². The van der Waals surface area contributed by atoms with E-state index in [0.717, 1.165) is 27.8 Å². The molecule has 116 valence electrons. The molecule has 0 spiro atoms. The smallest absolute Gasteiger partial charge is 0.261 e. The highest BCUT2D eigenvalue weighted by atomic mass is 32.1. The second kappa shape index (κ2) is 6.29. The molecule has 0 aromatic carbocycles. The molecule has 2 heterocycles. The van der Waals surface area contributed by atoms with Crippen LogP contribution in [0.4, 0.5) is 5.13 Å². The molecule has 0 unspecified atom stereocenters. The predicted molar refractivity (Wildman–Crippen MR) is 91.7 cm³/mol. The Morgan fingerprint density at radius 3 is 2.57 bits per heavy atom. The first-order valence-electron chi connectivity index (χ1n) is 7.06. The number of hydrogen-bond donors (Lipinski definition) is 2. The first-order chi connectivity index (χ1) is 9.84. The fraction of sp³-hybridized carbons (Fsp3) is 0.571. The van der Waals surface area contributed by atoms with Crippen molar-refractivity contribution in [1.29, 1.82) is 0 Å². The molecule has 0 fully saturated rings. The van der Waals surface area contributed by atoms with Gasteiger partial charge < -0.3 is 16.0 Å². The van der Waals surface area contributed by atoms with Crippen LogP contribution < -0.4 is 16.0 Å². The Hall–Kier alpha value is -1.18. The van der Waals surface area contributed by atoms with Crippen LogP contribution in [-0.4, -0.2) is 36.1 Å². The Labute approximate surface area is 133 Å². The lowest BCUT2D eigenvalue weighted by molar-refractivity contribution is 0.0950. The molecule has 7 heteroatoms. The first kappa shape index (κ1) is 16.2. The number of hydrogen-bond acceptors (Lipinski definition) is 6. The third-order valence-electron chi connectivity index (χ3n) is 3.04. The van der Waals surface area contributed by atoms with E-state index in [0.29, 0.717) is 11.4 Å². The van der Waals surface area contributed by atoms with Gasteiger partial charge in [-0.05, 0) is 33.8 Å². The first-order valence-corrected chi connectivity index (χ1v) is 8.69. The van der Waals surface area contributed by atoms with Crippen LogP contribution in [0.1, 0.15) is 37.4 Å². The van der Waals surface area contributed by atoms with E-state index >= 15 is 0 Å². The second-order valence-electron chi connectivity index (χ2n) is 5.62. The molecule has 2 aromatic rings. The lowest BCUT2D eigenvalue weighted by Crippen LogP contribution is -2.44. The fourth-order valence-corrected chi connectivity index (χ4v) is 4.11. The van der Waals surface area contributed by atoms with Crippen molar-refractivity contribution in [3.63, 3.8) is 0 Å². The maximum Gasteiger partial charge on any atom is 0.261 e. The number of amides is 1. The van der Waals surface area contributed by atoms with Gasteiger partial charge in [-0.15, -0.1) is 11.3 Å². The summed E-state index contributed by atoms with van der Waals surface area (Å²) < 4.78 is 1.07. The quantitative estimate of drug-likeness (QED) is 0.856. The van der Waals surface area contributed by atoms with Gasteiger partial charge in [0.05, 0.1) is 9.58 Å². The van der Waals surface area contributed by atoms with Crippen LogP contribution in [0.15, 0.2) is 6.07 Å². The number of nitrogens with one attached hydrogen (secondary N) is 1. The zero-order valence-corrected chi connectivity index (χ0v) is 14.5. The number of carbonyl (C=O) groups excluding carboxylic acids is 1. The molecule has 3 N–H and O–H groups in total. The van der Waals surface area contributed by atoms with E-state index in [1.807, 2.05) is 19.9 Å². The van der Waals surface area contributed by atoms with Gasteiger partial charge in [-0.1, -0.05) is 11.3 Å². The standard InChI is InChI=1S/C14H22N4OS2/c1-5-18(6-2)13-17-12-10(21-13)7-9(20-12)11(19)16-8-14(3,4)15/h7H,5-6,8,15H2,1-4H3,(H,16,19). The minimum Gasteiger partial charge on any atom is -0.350 e. The van der Waals surface area contributed by atoms with E-state index in [1.54, 1.807) is 11.3 Å². The topological polar surface area (TPSA) is 71.2 Å². The monoisotopic (exact) mass is 326 g/mol. The highest BCUT2D eigenvalue weighted by molar-refractivity contribution is 7.29. The number of thiophene rings is 1. The Bertz CT molecular complexity index is 591. The summed E-state index contributed by atoms with van der Waals surface area (Å²) >= 11 is 3.07. The Morgan fingerprint density at radius 2 is 2.05 bits per heavy atom. The number of carbonyl (C=O) groups is 1. The van der Waals surface area contributed by atoms with E-state index in [4.69, 9.17) is 5.73 Å². The van der Waals surface area contributed by atoms with Crippen molar-refractivity contribution in [2.75, 3.05) is 24.5 Å². The number of rotatable bonds is 6. The average Bonchev–Trinajstić information content (AvgIpc) is 2.95. The highest BCUT2D eigenvalue weighted by Crippen LogP contribution is 2.34. The van der Waals surface area contributed by atoms with Crippen LogP contribution >= 0.6 is 22.7 Å². The summed E-state index contributed by atoms with van der Waals surface area (Å²) in [6, 6.07) is 1.92. The van der Waals surface area contributed by atoms with Crippen molar-refractivity contribution in [2.24, 2.45) is 5.73 Å². The molecule has 5 nitrogen and oxygen atoms in total. The zero-order chi connectivity index (χ0) is 15.6. The summed E-state index contributed by atoms with van der Waals surface area (Å²) in [5.74, 6) is -0.0758. The number of thiazole rings is 1. The predicted octanol–water partition coefficient (Wildman–Crippen LogP) is 2.67. The molecule has 0 bridgehead atoms. The zero-order valence-electron chi connectivity index (χ0n) is 12.9. The normalized spacial score (nSPS) is 11.9. The van der Waals surface area contributed by atoms with Crippen LogP contribution in [0.3, 0.4) is 0 Å². The number of nitrogens with two attached hydrogens (primary N) is 1. The molecule has 0 radical (unpaired) electrons. The fourth-order valence-electron chi connectivity index (χ4n) is 1.86. The molecule has 21 heavy (non-hydrogen) atoms. The Balaban J connectivity index is 2.13. The molecule has 2 rings (SSSR count). The van der Waals surface area contributed by atoms with Gasteiger partial charge in [0.15, 0.2) is 5.13 Å².